The standard InChI is InChI=1S/C22H34N2O7Si/c1-15(31-21(26)29-13-16-9-7-8-10-18(16)24(27)28)19-17(23-20(19)25)11-12-30-32(5,6)14-22(2,3)4/h7-10,15,17,19H,11-14H2,1-6H3,(H,23,25)/t15-,17?,19?/m1/s1. The molecule has 0 aliphatic carbocycles. The van der Waals surface area contributed by atoms with Gasteiger partial charge in [-0.3, -0.25) is 14.9 Å². The number of para-hydroxylation sites is 1. The Morgan fingerprint density at radius 3 is 2.53 bits per heavy atom. The van der Waals surface area contributed by atoms with Crippen molar-refractivity contribution in [2.45, 2.75) is 72.0 Å². The minimum absolute atomic E-state index is 0.135. The molecule has 0 radical (unpaired) electrons. The highest BCUT2D eigenvalue weighted by atomic mass is 28.4. The molecule has 10 heteroatoms. The molecule has 1 aromatic rings. The van der Waals surface area contributed by atoms with Crippen LogP contribution in [-0.2, 0) is 25.3 Å². The number of nitro groups is 1. The summed E-state index contributed by atoms with van der Waals surface area (Å²) < 4.78 is 16.5. The maximum Gasteiger partial charge on any atom is 0.508 e. The topological polar surface area (TPSA) is 117 Å². The quantitative estimate of drug-likeness (QED) is 0.178. The van der Waals surface area contributed by atoms with Gasteiger partial charge in [-0.25, -0.2) is 4.79 Å². The van der Waals surface area contributed by atoms with Gasteiger partial charge in [0.1, 0.15) is 12.7 Å². The third-order valence-electron chi connectivity index (χ3n) is 5.26. The number of benzene rings is 1. The Hall–Kier alpha value is -2.46. The van der Waals surface area contributed by atoms with Gasteiger partial charge < -0.3 is 19.2 Å². The van der Waals surface area contributed by atoms with Crippen molar-refractivity contribution in [2.24, 2.45) is 11.3 Å². The molecule has 0 saturated carbocycles. The number of rotatable bonds is 10. The Morgan fingerprint density at radius 1 is 1.28 bits per heavy atom. The zero-order valence-electron chi connectivity index (χ0n) is 19.7. The van der Waals surface area contributed by atoms with Gasteiger partial charge in [0.2, 0.25) is 5.91 Å². The summed E-state index contributed by atoms with van der Waals surface area (Å²) in [7, 11) is -1.81. The van der Waals surface area contributed by atoms with Crippen molar-refractivity contribution in [1.29, 1.82) is 0 Å². The van der Waals surface area contributed by atoms with Crippen molar-refractivity contribution in [3.63, 3.8) is 0 Å². The van der Waals surface area contributed by atoms with Crippen molar-refractivity contribution in [1.82, 2.24) is 5.32 Å². The second-order valence-electron chi connectivity index (χ2n) is 10.0. The zero-order chi connectivity index (χ0) is 24.1. The van der Waals surface area contributed by atoms with Crippen molar-refractivity contribution in [2.75, 3.05) is 6.61 Å². The lowest BCUT2D eigenvalue weighted by atomic mass is 9.84. The Balaban J connectivity index is 1.81. The van der Waals surface area contributed by atoms with E-state index in [0.29, 0.717) is 13.0 Å². The Bertz CT molecular complexity index is 838. The summed E-state index contributed by atoms with van der Waals surface area (Å²) in [6.07, 6.45) is -1.02. The molecule has 1 N–H and O–H groups in total. The predicted octanol–water partition coefficient (Wildman–Crippen LogP) is 4.41. The average molecular weight is 467 g/mol. The first-order valence-corrected chi connectivity index (χ1v) is 13.9. The number of nitrogens with one attached hydrogen (secondary N) is 1. The molecule has 0 spiro atoms. The molecule has 0 bridgehead atoms. The Morgan fingerprint density at radius 2 is 1.94 bits per heavy atom. The number of ether oxygens (including phenoxy) is 2. The van der Waals surface area contributed by atoms with Crippen LogP contribution in [0.4, 0.5) is 10.5 Å². The molecule has 1 aliphatic heterocycles. The summed E-state index contributed by atoms with van der Waals surface area (Å²) in [6.45, 7) is 12.9. The van der Waals surface area contributed by atoms with Crippen LogP contribution in [0.1, 0.15) is 39.7 Å². The largest absolute Gasteiger partial charge is 0.508 e. The van der Waals surface area contributed by atoms with E-state index in [9.17, 15) is 19.7 Å². The maximum absolute atomic E-state index is 12.1. The van der Waals surface area contributed by atoms with Crippen LogP contribution in [0.5, 0.6) is 0 Å². The van der Waals surface area contributed by atoms with Gasteiger partial charge in [-0.15, -0.1) is 0 Å². The minimum Gasteiger partial charge on any atom is -0.430 e. The van der Waals surface area contributed by atoms with E-state index in [1.54, 1.807) is 13.0 Å². The van der Waals surface area contributed by atoms with Crippen molar-refractivity contribution < 1.29 is 28.4 Å². The van der Waals surface area contributed by atoms with E-state index in [2.05, 4.69) is 39.2 Å². The van der Waals surface area contributed by atoms with Gasteiger partial charge >= 0.3 is 6.16 Å². The van der Waals surface area contributed by atoms with Crippen LogP contribution in [0.3, 0.4) is 0 Å². The minimum atomic E-state index is -1.81. The summed E-state index contributed by atoms with van der Waals surface area (Å²) in [5.74, 6) is -0.662. The highest BCUT2D eigenvalue weighted by Gasteiger charge is 2.44. The van der Waals surface area contributed by atoms with E-state index in [1.807, 2.05) is 0 Å². The first kappa shape index (κ1) is 25.8. The first-order valence-electron chi connectivity index (χ1n) is 10.8. The molecule has 2 unspecified atom stereocenters. The number of β-lactam (4-membered cyclic amide) rings is 1. The van der Waals surface area contributed by atoms with E-state index < -0.39 is 31.4 Å². The smallest absolute Gasteiger partial charge is 0.430 e. The number of nitrogens with zero attached hydrogens (tertiary/aromatic N) is 1. The van der Waals surface area contributed by atoms with Gasteiger partial charge in [0.25, 0.3) is 5.69 Å². The maximum atomic E-state index is 12.1. The molecule has 178 valence electrons. The second kappa shape index (κ2) is 10.4. The Kier molecular flexibility index (Phi) is 8.41. The predicted molar refractivity (Wildman–Crippen MR) is 122 cm³/mol. The lowest BCUT2D eigenvalue weighted by Crippen LogP contribution is -2.62. The molecular formula is C22H34N2O7Si. The molecule has 1 aromatic carbocycles. The van der Waals surface area contributed by atoms with Crippen LogP contribution >= 0.6 is 0 Å². The number of nitro benzene ring substituents is 1. The van der Waals surface area contributed by atoms with Crippen LogP contribution in [0.15, 0.2) is 24.3 Å². The van der Waals surface area contributed by atoms with Gasteiger partial charge in [0.15, 0.2) is 8.32 Å². The monoisotopic (exact) mass is 466 g/mol. The third-order valence-corrected chi connectivity index (χ3v) is 8.16. The van der Waals surface area contributed by atoms with Crippen molar-refractivity contribution in [3.05, 3.63) is 39.9 Å². The van der Waals surface area contributed by atoms with Crippen molar-refractivity contribution in [3.8, 4) is 0 Å². The van der Waals surface area contributed by atoms with Crippen LogP contribution in [0.25, 0.3) is 0 Å². The second-order valence-corrected chi connectivity index (χ2v) is 14.2. The molecule has 9 nitrogen and oxygen atoms in total. The molecule has 1 saturated heterocycles. The molecule has 1 aliphatic rings. The first-order chi connectivity index (χ1) is 14.8. The number of amides is 1. The highest BCUT2D eigenvalue weighted by Crippen LogP contribution is 2.29. The summed E-state index contributed by atoms with van der Waals surface area (Å²) in [5, 5.41) is 13.9. The van der Waals surface area contributed by atoms with E-state index in [4.69, 9.17) is 13.9 Å². The van der Waals surface area contributed by atoms with Crippen molar-refractivity contribution >= 4 is 26.1 Å². The zero-order valence-corrected chi connectivity index (χ0v) is 20.7. The van der Waals surface area contributed by atoms with E-state index in [1.165, 1.54) is 18.2 Å². The molecule has 1 amide bonds. The van der Waals surface area contributed by atoms with E-state index in [0.717, 1.165) is 6.04 Å². The number of carbonyl (C=O) groups is 2. The number of hydrogen-bond acceptors (Lipinski definition) is 7. The van der Waals surface area contributed by atoms with E-state index >= 15 is 0 Å². The highest BCUT2D eigenvalue weighted by molar-refractivity contribution is 6.71. The van der Waals surface area contributed by atoms with Gasteiger partial charge in [-0.05, 0) is 44.0 Å². The van der Waals surface area contributed by atoms with Gasteiger partial charge in [-0.1, -0.05) is 32.9 Å². The number of hydrogen-bond donors (Lipinski definition) is 1. The Labute approximate surface area is 190 Å². The molecule has 3 atom stereocenters. The fourth-order valence-corrected chi connectivity index (χ4v) is 7.57. The summed E-state index contributed by atoms with van der Waals surface area (Å²) in [4.78, 5) is 34.7. The van der Waals surface area contributed by atoms with Crippen LogP contribution < -0.4 is 5.32 Å². The molecule has 32 heavy (non-hydrogen) atoms. The lowest BCUT2D eigenvalue weighted by Gasteiger charge is -2.40. The van der Waals surface area contributed by atoms with E-state index in [-0.39, 0.29) is 35.2 Å². The fraction of sp³-hybridized carbons (Fsp3) is 0.636. The average Bonchev–Trinajstić information content (AvgIpc) is 2.63. The summed E-state index contributed by atoms with van der Waals surface area (Å²) in [5.41, 5.74) is 0.330. The summed E-state index contributed by atoms with van der Waals surface area (Å²) in [6, 6.07) is 6.90. The normalized spacial score (nSPS) is 19.5. The summed E-state index contributed by atoms with van der Waals surface area (Å²) >= 11 is 0. The SMILES string of the molecule is C[C@@H](OC(=O)OCc1ccccc1[N+](=O)[O-])C1C(=O)NC1CCO[Si](C)(C)CC(C)(C)C. The fourth-order valence-electron chi connectivity index (χ4n) is 4.24. The third kappa shape index (κ3) is 7.59. The number of carbonyl (C=O) groups excluding carboxylic acids is 2. The molecule has 1 fully saturated rings. The lowest BCUT2D eigenvalue weighted by molar-refractivity contribution is -0.385. The molecule has 1 heterocycles. The van der Waals surface area contributed by atoms with Gasteiger partial charge in [-0.2, -0.15) is 0 Å². The molecular weight excluding hydrogens is 432 g/mol. The van der Waals surface area contributed by atoms with Crippen LogP contribution in [-0.4, -0.2) is 44.1 Å². The molecule has 0 aromatic heterocycles. The molecule has 2 rings (SSSR count). The van der Waals surface area contributed by atoms with Crippen LogP contribution in [0.2, 0.25) is 19.1 Å². The van der Waals surface area contributed by atoms with Gasteiger partial charge in [0, 0.05) is 18.7 Å². The van der Waals surface area contributed by atoms with Gasteiger partial charge in [0.05, 0.1) is 16.4 Å². The van der Waals surface area contributed by atoms with Crippen LogP contribution in [0, 0.1) is 21.4 Å².